The second-order valence-electron chi connectivity index (χ2n) is 4.07. The van der Waals surface area contributed by atoms with Gasteiger partial charge >= 0.3 is 6.18 Å². The molecule has 0 radical (unpaired) electrons. The maximum Gasteiger partial charge on any atom is 0.397 e. The Labute approximate surface area is 88.6 Å². The van der Waals surface area contributed by atoms with E-state index in [1.165, 1.54) is 13.2 Å². The Kier molecular flexibility index (Phi) is 4.43. The van der Waals surface area contributed by atoms with Crippen LogP contribution >= 0.6 is 0 Å². The molecule has 0 saturated carbocycles. The topological polar surface area (TPSA) is 9.23 Å². The molecule has 0 amide bonds. The zero-order valence-electron chi connectivity index (χ0n) is 9.70. The van der Waals surface area contributed by atoms with Gasteiger partial charge in [-0.1, -0.05) is 11.6 Å². The van der Waals surface area contributed by atoms with Crippen molar-refractivity contribution >= 4 is 0 Å². The van der Waals surface area contributed by atoms with Crippen LogP contribution in [0, 0.1) is 5.41 Å². The van der Waals surface area contributed by atoms with E-state index in [2.05, 4.69) is 0 Å². The fourth-order valence-electron chi connectivity index (χ4n) is 1.07. The van der Waals surface area contributed by atoms with E-state index in [0.717, 1.165) is 13.8 Å². The lowest BCUT2D eigenvalue weighted by Gasteiger charge is -2.24. The van der Waals surface area contributed by atoms with E-state index in [1.807, 2.05) is 0 Å². The Bertz CT molecular complexity index is 272. The van der Waals surface area contributed by atoms with E-state index < -0.39 is 11.6 Å². The first-order chi connectivity index (χ1) is 6.60. The molecule has 88 valence electrons. The number of allylic oxidation sites excluding steroid dienone is 4. The van der Waals surface area contributed by atoms with Crippen LogP contribution in [0.15, 0.2) is 23.5 Å². The molecule has 0 rings (SSSR count). The van der Waals surface area contributed by atoms with E-state index in [4.69, 9.17) is 4.74 Å². The van der Waals surface area contributed by atoms with Gasteiger partial charge in [-0.15, -0.1) is 0 Å². The van der Waals surface area contributed by atoms with Gasteiger partial charge < -0.3 is 4.74 Å². The molecule has 0 aromatic rings. The number of rotatable bonds is 3. The lowest BCUT2D eigenvalue weighted by Crippen LogP contribution is -2.30. The summed E-state index contributed by atoms with van der Waals surface area (Å²) in [5, 5.41) is 0. The Hall–Kier alpha value is -0.930. The van der Waals surface area contributed by atoms with Gasteiger partial charge in [0.1, 0.15) is 0 Å². The highest BCUT2D eigenvalue weighted by Crippen LogP contribution is 2.39. The van der Waals surface area contributed by atoms with E-state index >= 15 is 0 Å². The Balaban J connectivity index is 4.91. The van der Waals surface area contributed by atoms with Crippen LogP contribution in [0.25, 0.3) is 0 Å². The molecule has 4 heteroatoms. The quantitative estimate of drug-likeness (QED) is 0.516. The van der Waals surface area contributed by atoms with Crippen LogP contribution < -0.4 is 0 Å². The molecule has 0 aliphatic carbocycles. The maximum absolute atomic E-state index is 12.5. The largest absolute Gasteiger partial charge is 0.501 e. The highest BCUT2D eigenvalue weighted by atomic mass is 19.4. The third-order valence-electron chi connectivity index (χ3n) is 2.07. The third kappa shape index (κ3) is 4.40. The predicted octanol–water partition coefficient (Wildman–Crippen LogP) is 4.07. The summed E-state index contributed by atoms with van der Waals surface area (Å²) in [6.45, 7) is 5.60. The second-order valence-corrected chi connectivity index (χ2v) is 4.07. The van der Waals surface area contributed by atoms with Crippen LogP contribution in [-0.2, 0) is 4.74 Å². The van der Waals surface area contributed by atoms with Gasteiger partial charge in [0.05, 0.1) is 18.3 Å². The van der Waals surface area contributed by atoms with Crippen molar-refractivity contribution in [2.45, 2.75) is 33.9 Å². The number of alkyl halides is 3. The summed E-state index contributed by atoms with van der Waals surface area (Å²) >= 11 is 0. The number of methoxy groups -OCH3 is 1. The molecule has 0 unspecified atom stereocenters. The van der Waals surface area contributed by atoms with Crippen molar-refractivity contribution in [3.05, 3.63) is 23.5 Å². The summed E-state index contributed by atoms with van der Waals surface area (Å²) < 4.78 is 42.4. The summed E-state index contributed by atoms with van der Waals surface area (Å²) in [6.07, 6.45) is -1.47. The van der Waals surface area contributed by atoms with Crippen molar-refractivity contribution in [1.82, 2.24) is 0 Å². The molecule has 0 bridgehead atoms. The number of halogens is 3. The Morgan fingerprint density at radius 2 is 1.60 bits per heavy atom. The van der Waals surface area contributed by atoms with Crippen LogP contribution in [0.1, 0.15) is 27.7 Å². The van der Waals surface area contributed by atoms with Crippen molar-refractivity contribution in [3.8, 4) is 0 Å². The predicted molar refractivity (Wildman–Crippen MR) is 54.4 cm³/mol. The third-order valence-corrected chi connectivity index (χ3v) is 2.07. The summed E-state index contributed by atoms with van der Waals surface area (Å²) in [5.41, 5.74) is -1.28. The van der Waals surface area contributed by atoms with Gasteiger partial charge in [0.25, 0.3) is 0 Å². The highest BCUT2D eigenvalue weighted by molar-refractivity contribution is 5.21. The summed E-state index contributed by atoms with van der Waals surface area (Å²) in [7, 11) is 1.48. The SMILES string of the molecule is CO/C(C)=C/C(C)=C\C(C)(C)C(F)(F)F. The molecule has 0 aliphatic heterocycles. The first-order valence-corrected chi connectivity index (χ1v) is 4.58. The summed E-state index contributed by atoms with van der Waals surface area (Å²) in [4.78, 5) is 0. The molecule has 0 fully saturated rings. The molecule has 15 heavy (non-hydrogen) atoms. The maximum atomic E-state index is 12.5. The van der Waals surface area contributed by atoms with Crippen LogP contribution in [0.4, 0.5) is 13.2 Å². The fourth-order valence-corrected chi connectivity index (χ4v) is 1.07. The zero-order chi connectivity index (χ0) is 12.3. The first kappa shape index (κ1) is 14.1. The van der Waals surface area contributed by atoms with Gasteiger partial charge in [-0.2, -0.15) is 13.2 Å². The van der Waals surface area contributed by atoms with Gasteiger partial charge in [-0.25, -0.2) is 0 Å². The fraction of sp³-hybridized carbons (Fsp3) is 0.636. The minimum Gasteiger partial charge on any atom is -0.501 e. The molecule has 0 spiro atoms. The van der Waals surface area contributed by atoms with Crippen molar-refractivity contribution < 1.29 is 17.9 Å². The molecule has 0 saturated heterocycles. The lowest BCUT2D eigenvalue weighted by molar-refractivity contribution is -0.193. The Morgan fingerprint density at radius 1 is 1.13 bits per heavy atom. The molecule has 1 nitrogen and oxygen atoms in total. The van der Waals surface area contributed by atoms with Crippen molar-refractivity contribution in [2.24, 2.45) is 5.41 Å². The van der Waals surface area contributed by atoms with E-state index in [9.17, 15) is 13.2 Å². The standard InChI is InChI=1S/C11H17F3O/c1-8(6-9(2)15-5)7-10(3,4)11(12,13)14/h6-7H,1-5H3/b8-7-,9-6+. The molecule has 0 atom stereocenters. The van der Waals surface area contributed by atoms with Gasteiger partial charge in [-0.3, -0.25) is 0 Å². The average molecular weight is 222 g/mol. The zero-order valence-corrected chi connectivity index (χ0v) is 9.70. The normalized spacial score (nSPS) is 15.5. The van der Waals surface area contributed by atoms with Gasteiger partial charge in [0.15, 0.2) is 0 Å². The minimum absolute atomic E-state index is 0.539. The number of hydrogen-bond donors (Lipinski definition) is 0. The van der Waals surface area contributed by atoms with Crippen molar-refractivity contribution in [2.75, 3.05) is 7.11 Å². The van der Waals surface area contributed by atoms with Gasteiger partial charge in [0, 0.05) is 0 Å². The van der Waals surface area contributed by atoms with E-state index in [0.29, 0.717) is 11.3 Å². The van der Waals surface area contributed by atoms with E-state index in [-0.39, 0.29) is 0 Å². The molecule has 0 aromatic heterocycles. The monoisotopic (exact) mass is 222 g/mol. The molecular weight excluding hydrogens is 205 g/mol. The van der Waals surface area contributed by atoms with Crippen molar-refractivity contribution in [3.63, 3.8) is 0 Å². The first-order valence-electron chi connectivity index (χ1n) is 4.58. The molecular formula is C11H17F3O. The van der Waals surface area contributed by atoms with Crippen LogP contribution in [-0.4, -0.2) is 13.3 Å². The number of ether oxygens (including phenoxy) is 1. The van der Waals surface area contributed by atoms with Crippen LogP contribution in [0.3, 0.4) is 0 Å². The Morgan fingerprint density at radius 3 is 1.93 bits per heavy atom. The molecule has 0 aliphatic rings. The summed E-state index contributed by atoms with van der Waals surface area (Å²) in [5.74, 6) is 0.585. The van der Waals surface area contributed by atoms with Crippen LogP contribution in [0.5, 0.6) is 0 Å². The molecule has 0 N–H and O–H groups in total. The number of hydrogen-bond acceptors (Lipinski definition) is 1. The van der Waals surface area contributed by atoms with Gasteiger partial charge in [-0.05, 0) is 33.8 Å². The average Bonchev–Trinajstić information content (AvgIpc) is 2.00. The minimum atomic E-state index is -4.23. The van der Waals surface area contributed by atoms with Gasteiger partial charge in [0.2, 0.25) is 0 Å². The van der Waals surface area contributed by atoms with E-state index in [1.54, 1.807) is 19.9 Å². The molecule has 0 aromatic carbocycles. The smallest absolute Gasteiger partial charge is 0.397 e. The summed E-state index contributed by atoms with van der Waals surface area (Å²) in [6, 6.07) is 0. The molecule has 0 heterocycles. The second kappa shape index (κ2) is 4.73. The lowest BCUT2D eigenvalue weighted by atomic mass is 9.90. The van der Waals surface area contributed by atoms with Crippen molar-refractivity contribution in [1.29, 1.82) is 0 Å². The van der Waals surface area contributed by atoms with Crippen LogP contribution in [0.2, 0.25) is 0 Å². The highest BCUT2D eigenvalue weighted by Gasteiger charge is 2.45.